The first-order valence-electron chi connectivity index (χ1n) is 9.68. The van der Waals surface area contributed by atoms with Gasteiger partial charge in [0, 0.05) is 28.9 Å². The van der Waals surface area contributed by atoms with Crippen LogP contribution in [0.4, 0.5) is 5.82 Å². The van der Waals surface area contributed by atoms with Gasteiger partial charge in [-0.3, -0.25) is 5.10 Å². The molecule has 0 saturated carbocycles. The highest BCUT2D eigenvalue weighted by molar-refractivity contribution is 7.21. The van der Waals surface area contributed by atoms with Crippen LogP contribution in [0, 0.1) is 0 Å². The molecule has 0 spiro atoms. The zero-order valence-electron chi connectivity index (χ0n) is 16.1. The molecule has 1 aliphatic heterocycles. The number of thiazole rings is 1. The third-order valence-corrected chi connectivity index (χ3v) is 6.53. The first-order chi connectivity index (χ1) is 14.2. The fourth-order valence-electron chi connectivity index (χ4n) is 3.95. The molecular weight excluding hydrogens is 384 g/mol. The van der Waals surface area contributed by atoms with E-state index in [0.29, 0.717) is 11.7 Å². The number of aromatic amines is 1. The normalized spacial score (nSPS) is 15.1. The second-order valence-electron chi connectivity index (χ2n) is 7.20. The van der Waals surface area contributed by atoms with Crippen LogP contribution >= 0.6 is 11.3 Å². The van der Waals surface area contributed by atoms with Gasteiger partial charge in [0.05, 0.1) is 23.6 Å². The number of ether oxygens (including phenoxy) is 1. The number of H-pyrrole nitrogens is 1. The maximum absolute atomic E-state index is 6.24. The number of para-hydroxylation sites is 1. The summed E-state index contributed by atoms with van der Waals surface area (Å²) in [5.74, 6) is 1.70. The number of methoxy groups -OCH3 is 1. The Morgan fingerprint density at radius 3 is 2.86 bits per heavy atom. The highest BCUT2D eigenvalue weighted by Gasteiger charge is 2.22. The summed E-state index contributed by atoms with van der Waals surface area (Å²) in [4.78, 5) is 9.26. The number of fused-ring (bicyclic) bond motifs is 1. The number of hydrogen-bond acceptors (Lipinski definition) is 7. The lowest BCUT2D eigenvalue weighted by Crippen LogP contribution is -2.27. The van der Waals surface area contributed by atoms with Gasteiger partial charge in [-0.2, -0.15) is 5.10 Å². The van der Waals surface area contributed by atoms with Crippen LogP contribution < -0.4 is 15.8 Å². The molecule has 5 rings (SSSR count). The van der Waals surface area contributed by atoms with Crippen LogP contribution in [0.15, 0.2) is 36.7 Å². The number of piperidine rings is 1. The molecule has 0 unspecified atom stereocenters. The molecule has 8 heteroatoms. The number of rotatable bonds is 4. The maximum atomic E-state index is 6.24. The van der Waals surface area contributed by atoms with Gasteiger partial charge in [0.15, 0.2) is 0 Å². The van der Waals surface area contributed by atoms with Crippen LogP contribution in [0.5, 0.6) is 5.75 Å². The third-order valence-electron chi connectivity index (χ3n) is 5.48. The van der Waals surface area contributed by atoms with Gasteiger partial charge in [-0.05, 0) is 44.1 Å². The SMILES string of the molecule is COc1cccc2sc(-c3cc(-c4cn[nH]c4C4CCNCC4)cnc3N)nc12. The average Bonchev–Trinajstić information content (AvgIpc) is 3.42. The average molecular weight is 407 g/mol. The standard InChI is InChI=1S/C21H22N6OS/c1-28-16-3-2-4-17-19(16)26-21(29-17)14-9-13(10-24-20(14)22)15-11-25-27-18(15)12-5-7-23-8-6-12/h2-4,9-12,23H,5-8H2,1H3,(H2,22,24)(H,25,27). The predicted octanol–water partition coefficient (Wildman–Crippen LogP) is 3.81. The lowest BCUT2D eigenvalue weighted by Gasteiger charge is -2.22. The van der Waals surface area contributed by atoms with Crippen LogP contribution in [0.25, 0.3) is 31.9 Å². The molecule has 1 aromatic carbocycles. The summed E-state index contributed by atoms with van der Waals surface area (Å²) in [6.07, 6.45) is 5.90. The number of hydrogen-bond donors (Lipinski definition) is 3. The smallest absolute Gasteiger partial charge is 0.145 e. The van der Waals surface area contributed by atoms with Crippen LogP contribution in [-0.2, 0) is 0 Å². The number of nitrogen functional groups attached to an aromatic ring is 1. The second kappa shape index (κ2) is 7.46. The van der Waals surface area contributed by atoms with E-state index in [1.165, 1.54) is 5.69 Å². The molecule has 0 radical (unpaired) electrons. The van der Waals surface area contributed by atoms with Crippen molar-refractivity contribution in [3.05, 3.63) is 42.4 Å². The molecule has 1 saturated heterocycles. The summed E-state index contributed by atoms with van der Waals surface area (Å²) >= 11 is 1.59. The minimum absolute atomic E-state index is 0.471. The zero-order chi connectivity index (χ0) is 19.8. The van der Waals surface area contributed by atoms with Gasteiger partial charge in [-0.15, -0.1) is 11.3 Å². The van der Waals surface area contributed by atoms with Gasteiger partial charge in [-0.1, -0.05) is 6.07 Å². The molecule has 1 fully saturated rings. The summed E-state index contributed by atoms with van der Waals surface area (Å²) in [7, 11) is 1.66. The van der Waals surface area contributed by atoms with E-state index in [0.717, 1.165) is 63.6 Å². The minimum atomic E-state index is 0.471. The maximum Gasteiger partial charge on any atom is 0.145 e. The highest BCUT2D eigenvalue weighted by atomic mass is 32.1. The fourth-order valence-corrected chi connectivity index (χ4v) is 4.95. The monoisotopic (exact) mass is 406 g/mol. The highest BCUT2D eigenvalue weighted by Crippen LogP contribution is 2.39. The number of aromatic nitrogens is 4. The largest absolute Gasteiger partial charge is 0.494 e. The first-order valence-corrected chi connectivity index (χ1v) is 10.5. The molecule has 4 heterocycles. The summed E-state index contributed by atoms with van der Waals surface area (Å²) < 4.78 is 6.51. The number of pyridine rings is 1. The van der Waals surface area contributed by atoms with Gasteiger partial charge in [-0.25, -0.2) is 9.97 Å². The van der Waals surface area contributed by atoms with E-state index in [1.807, 2.05) is 30.6 Å². The van der Waals surface area contributed by atoms with Crippen molar-refractivity contribution >= 4 is 27.4 Å². The van der Waals surface area contributed by atoms with Gasteiger partial charge in [0.25, 0.3) is 0 Å². The molecule has 3 aromatic heterocycles. The molecule has 7 nitrogen and oxygen atoms in total. The minimum Gasteiger partial charge on any atom is -0.494 e. The number of benzene rings is 1. The Labute approximate surface area is 172 Å². The molecular formula is C21H22N6OS. The number of nitrogens with zero attached hydrogens (tertiary/aromatic N) is 3. The van der Waals surface area contributed by atoms with Crippen LogP contribution in [0.2, 0.25) is 0 Å². The lowest BCUT2D eigenvalue weighted by molar-refractivity contribution is 0.419. The summed E-state index contributed by atoms with van der Waals surface area (Å²) in [6, 6.07) is 8.00. The molecule has 1 aliphatic rings. The van der Waals surface area contributed by atoms with Crippen molar-refractivity contribution in [2.45, 2.75) is 18.8 Å². The van der Waals surface area contributed by atoms with Crippen molar-refractivity contribution in [2.24, 2.45) is 0 Å². The molecule has 148 valence electrons. The summed E-state index contributed by atoms with van der Waals surface area (Å²) in [6.45, 7) is 2.06. The third kappa shape index (κ3) is 3.24. The van der Waals surface area contributed by atoms with Crippen LogP contribution in [-0.4, -0.2) is 40.4 Å². The van der Waals surface area contributed by atoms with Gasteiger partial charge < -0.3 is 15.8 Å². The molecule has 29 heavy (non-hydrogen) atoms. The zero-order valence-corrected chi connectivity index (χ0v) is 16.9. The number of anilines is 1. The van der Waals surface area contributed by atoms with Crippen molar-refractivity contribution < 1.29 is 4.74 Å². The Kier molecular flexibility index (Phi) is 4.65. The Balaban J connectivity index is 1.58. The van der Waals surface area contributed by atoms with Gasteiger partial charge >= 0.3 is 0 Å². The lowest BCUT2D eigenvalue weighted by atomic mass is 9.90. The van der Waals surface area contributed by atoms with E-state index in [-0.39, 0.29) is 0 Å². The Hall–Kier alpha value is -2.97. The van der Waals surface area contributed by atoms with Crippen molar-refractivity contribution in [2.75, 3.05) is 25.9 Å². The quantitative estimate of drug-likeness (QED) is 0.476. The van der Waals surface area contributed by atoms with E-state index >= 15 is 0 Å². The van der Waals surface area contributed by atoms with E-state index in [1.54, 1.807) is 18.4 Å². The Bertz CT molecular complexity index is 1160. The molecule has 0 atom stereocenters. The van der Waals surface area contributed by atoms with Crippen molar-refractivity contribution in [3.63, 3.8) is 0 Å². The predicted molar refractivity (Wildman–Crippen MR) is 116 cm³/mol. The Morgan fingerprint density at radius 1 is 1.17 bits per heavy atom. The summed E-state index contributed by atoms with van der Waals surface area (Å²) in [5.41, 5.74) is 11.2. The van der Waals surface area contributed by atoms with E-state index in [2.05, 4.69) is 26.6 Å². The van der Waals surface area contributed by atoms with E-state index < -0.39 is 0 Å². The number of nitrogens with one attached hydrogen (secondary N) is 2. The molecule has 4 aromatic rings. The van der Waals surface area contributed by atoms with Gasteiger partial charge in [0.1, 0.15) is 22.1 Å². The van der Waals surface area contributed by atoms with Crippen LogP contribution in [0.3, 0.4) is 0 Å². The number of nitrogens with two attached hydrogens (primary N) is 1. The van der Waals surface area contributed by atoms with Crippen molar-refractivity contribution in [3.8, 4) is 27.4 Å². The van der Waals surface area contributed by atoms with Crippen molar-refractivity contribution in [1.82, 2.24) is 25.5 Å². The molecule has 4 N–H and O–H groups in total. The second-order valence-corrected chi connectivity index (χ2v) is 8.24. The first kappa shape index (κ1) is 18.1. The molecule has 0 bridgehead atoms. The van der Waals surface area contributed by atoms with Crippen molar-refractivity contribution in [1.29, 1.82) is 0 Å². The van der Waals surface area contributed by atoms with Gasteiger partial charge in [0.2, 0.25) is 0 Å². The summed E-state index contributed by atoms with van der Waals surface area (Å²) in [5, 5.41) is 11.8. The topological polar surface area (TPSA) is 102 Å². The molecule has 0 amide bonds. The van der Waals surface area contributed by atoms with E-state index in [4.69, 9.17) is 15.5 Å². The molecule has 0 aliphatic carbocycles. The Morgan fingerprint density at radius 2 is 2.03 bits per heavy atom. The fraction of sp³-hybridized carbons (Fsp3) is 0.286. The van der Waals surface area contributed by atoms with Crippen LogP contribution in [0.1, 0.15) is 24.5 Å². The van der Waals surface area contributed by atoms with E-state index in [9.17, 15) is 0 Å².